The fraction of sp³-hybridized carbons (Fsp3) is 0.647. The molecule has 1 aliphatic rings. The summed E-state index contributed by atoms with van der Waals surface area (Å²) < 4.78 is 5.82. The summed E-state index contributed by atoms with van der Waals surface area (Å²) in [6.07, 6.45) is 3.86. The van der Waals surface area contributed by atoms with E-state index in [1.165, 1.54) is 37.9 Å². The average molecular weight is 276 g/mol. The van der Waals surface area contributed by atoms with E-state index in [1.54, 1.807) is 0 Å². The molecule has 0 saturated carbocycles. The Kier molecular flexibility index (Phi) is 6.34. The Morgan fingerprint density at radius 3 is 2.55 bits per heavy atom. The molecule has 0 spiro atoms. The molecule has 0 aliphatic carbocycles. The molecule has 1 aromatic carbocycles. The summed E-state index contributed by atoms with van der Waals surface area (Å²) in [7, 11) is 0. The van der Waals surface area contributed by atoms with Crippen LogP contribution in [0.3, 0.4) is 0 Å². The maximum absolute atomic E-state index is 5.82. The van der Waals surface area contributed by atoms with Gasteiger partial charge in [0.25, 0.3) is 0 Å². The maximum atomic E-state index is 5.82. The summed E-state index contributed by atoms with van der Waals surface area (Å²) in [4.78, 5) is 2.48. The van der Waals surface area contributed by atoms with E-state index in [0.717, 1.165) is 25.4 Å². The first-order chi connectivity index (χ1) is 9.79. The van der Waals surface area contributed by atoms with E-state index < -0.39 is 0 Å². The van der Waals surface area contributed by atoms with Gasteiger partial charge in [-0.3, -0.25) is 4.90 Å². The summed E-state index contributed by atoms with van der Waals surface area (Å²) in [6.45, 7) is 9.79. The van der Waals surface area contributed by atoms with E-state index in [4.69, 9.17) is 4.74 Å². The fourth-order valence-corrected chi connectivity index (χ4v) is 2.63. The second-order valence-corrected chi connectivity index (χ2v) is 5.64. The highest BCUT2D eigenvalue weighted by Gasteiger charge is 2.10. The first kappa shape index (κ1) is 15.3. The largest absolute Gasteiger partial charge is 0.492 e. The quantitative estimate of drug-likeness (QED) is 0.789. The smallest absolute Gasteiger partial charge is 0.119 e. The van der Waals surface area contributed by atoms with Crippen LogP contribution >= 0.6 is 0 Å². The van der Waals surface area contributed by atoms with Gasteiger partial charge in [0, 0.05) is 12.6 Å². The SMILES string of the molecule is CCCNC(C)c1ccc(OCCN2CCCC2)cc1. The van der Waals surface area contributed by atoms with Crippen LogP contribution in [0.4, 0.5) is 0 Å². The second-order valence-electron chi connectivity index (χ2n) is 5.64. The lowest BCUT2D eigenvalue weighted by Gasteiger charge is -2.16. The summed E-state index contributed by atoms with van der Waals surface area (Å²) in [5.74, 6) is 0.982. The van der Waals surface area contributed by atoms with Crippen LogP contribution in [0.2, 0.25) is 0 Å². The molecule has 20 heavy (non-hydrogen) atoms. The summed E-state index contributed by atoms with van der Waals surface area (Å²) in [5, 5.41) is 3.50. The molecule has 0 radical (unpaired) electrons. The van der Waals surface area contributed by atoms with Gasteiger partial charge in [-0.15, -0.1) is 0 Å². The molecule has 1 atom stereocenters. The summed E-state index contributed by atoms with van der Waals surface area (Å²) >= 11 is 0. The lowest BCUT2D eigenvalue weighted by atomic mass is 10.1. The van der Waals surface area contributed by atoms with Crippen molar-refractivity contribution in [3.05, 3.63) is 29.8 Å². The van der Waals surface area contributed by atoms with Crippen LogP contribution in [0, 0.1) is 0 Å². The van der Waals surface area contributed by atoms with Gasteiger partial charge in [-0.05, 0) is 63.5 Å². The van der Waals surface area contributed by atoms with E-state index in [0.29, 0.717) is 6.04 Å². The number of benzene rings is 1. The molecule has 2 rings (SSSR count). The lowest BCUT2D eigenvalue weighted by molar-refractivity contribution is 0.237. The zero-order chi connectivity index (χ0) is 14.2. The Labute approximate surface area is 123 Å². The third-order valence-electron chi connectivity index (χ3n) is 3.96. The molecule has 1 fully saturated rings. The number of nitrogens with one attached hydrogen (secondary N) is 1. The molecule has 1 saturated heterocycles. The predicted molar refractivity (Wildman–Crippen MR) is 84.3 cm³/mol. The summed E-state index contributed by atoms with van der Waals surface area (Å²) in [5.41, 5.74) is 1.32. The number of likely N-dealkylation sites (tertiary alicyclic amines) is 1. The van der Waals surface area contributed by atoms with E-state index >= 15 is 0 Å². The summed E-state index contributed by atoms with van der Waals surface area (Å²) in [6, 6.07) is 8.91. The molecular weight excluding hydrogens is 248 g/mol. The van der Waals surface area contributed by atoms with Crippen LogP contribution in [0.15, 0.2) is 24.3 Å². The van der Waals surface area contributed by atoms with Crippen LogP contribution in [-0.2, 0) is 0 Å². The van der Waals surface area contributed by atoms with E-state index in [1.807, 2.05) is 0 Å². The Bertz CT molecular complexity index is 371. The predicted octanol–water partition coefficient (Wildman–Crippen LogP) is 3.22. The molecule has 1 N–H and O–H groups in total. The number of hydrogen-bond donors (Lipinski definition) is 1. The minimum absolute atomic E-state index is 0.411. The van der Waals surface area contributed by atoms with Crippen molar-refractivity contribution >= 4 is 0 Å². The van der Waals surface area contributed by atoms with E-state index in [2.05, 4.69) is 48.3 Å². The van der Waals surface area contributed by atoms with Crippen LogP contribution in [0.25, 0.3) is 0 Å². The minimum Gasteiger partial charge on any atom is -0.492 e. The number of ether oxygens (including phenoxy) is 1. The van der Waals surface area contributed by atoms with Gasteiger partial charge in [-0.25, -0.2) is 0 Å². The first-order valence-electron chi connectivity index (χ1n) is 7.98. The fourth-order valence-electron chi connectivity index (χ4n) is 2.63. The van der Waals surface area contributed by atoms with Crippen LogP contribution in [0.1, 0.15) is 44.7 Å². The number of nitrogens with zero attached hydrogens (tertiary/aromatic N) is 1. The van der Waals surface area contributed by atoms with Crippen molar-refractivity contribution in [3.63, 3.8) is 0 Å². The molecule has 1 unspecified atom stereocenters. The molecular formula is C17H28N2O. The van der Waals surface area contributed by atoms with Crippen molar-refractivity contribution < 1.29 is 4.74 Å². The Balaban J connectivity index is 1.73. The molecule has 1 aromatic rings. The molecule has 1 heterocycles. The lowest BCUT2D eigenvalue weighted by Crippen LogP contribution is -2.25. The highest BCUT2D eigenvalue weighted by atomic mass is 16.5. The Hall–Kier alpha value is -1.06. The van der Waals surface area contributed by atoms with Gasteiger partial charge in [0.15, 0.2) is 0 Å². The first-order valence-corrected chi connectivity index (χ1v) is 7.98. The molecule has 0 amide bonds. The van der Waals surface area contributed by atoms with Gasteiger partial charge >= 0.3 is 0 Å². The molecule has 112 valence electrons. The van der Waals surface area contributed by atoms with E-state index in [9.17, 15) is 0 Å². The van der Waals surface area contributed by atoms with Gasteiger partial charge in [-0.1, -0.05) is 19.1 Å². The van der Waals surface area contributed by atoms with Gasteiger partial charge in [0.1, 0.15) is 12.4 Å². The van der Waals surface area contributed by atoms with Crippen molar-refractivity contribution in [2.75, 3.05) is 32.8 Å². The standard InChI is InChI=1S/C17H28N2O/c1-3-10-18-15(2)16-6-8-17(9-7-16)20-14-13-19-11-4-5-12-19/h6-9,15,18H,3-5,10-14H2,1-2H3. The van der Waals surface area contributed by atoms with Gasteiger partial charge in [0.05, 0.1) is 0 Å². The van der Waals surface area contributed by atoms with Gasteiger partial charge in [0.2, 0.25) is 0 Å². The van der Waals surface area contributed by atoms with E-state index in [-0.39, 0.29) is 0 Å². The topological polar surface area (TPSA) is 24.5 Å². The maximum Gasteiger partial charge on any atom is 0.119 e. The number of rotatable bonds is 8. The van der Waals surface area contributed by atoms with Crippen LogP contribution in [-0.4, -0.2) is 37.7 Å². The third kappa shape index (κ3) is 4.80. The molecule has 3 nitrogen and oxygen atoms in total. The molecule has 0 bridgehead atoms. The Morgan fingerprint density at radius 2 is 1.90 bits per heavy atom. The van der Waals surface area contributed by atoms with Gasteiger partial charge < -0.3 is 10.1 Å². The monoisotopic (exact) mass is 276 g/mol. The Morgan fingerprint density at radius 1 is 1.20 bits per heavy atom. The average Bonchev–Trinajstić information content (AvgIpc) is 2.99. The highest BCUT2D eigenvalue weighted by Crippen LogP contribution is 2.17. The highest BCUT2D eigenvalue weighted by molar-refractivity contribution is 5.28. The molecule has 3 heteroatoms. The molecule has 1 aliphatic heterocycles. The van der Waals surface area contributed by atoms with Crippen molar-refractivity contribution in [1.82, 2.24) is 10.2 Å². The van der Waals surface area contributed by atoms with Crippen molar-refractivity contribution in [3.8, 4) is 5.75 Å². The zero-order valence-electron chi connectivity index (χ0n) is 12.9. The molecule has 0 aromatic heterocycles. The van der Waals surface area contributed by atoms with Crippen LogP contribution in [0.5, 0.6) is 5.75 Å². The van der Waals surface area contributed by atoms with Crippen LogP contribution < -0.4 is 10.1 Å². The normalized spacial score (nSPS) is 17.3. The zero-order valence-corrected chi connectivity index (χ0v) is 12.9. The van der Waals surface area contributed by atoms with Gasteiger partial charge in [-0.2, -0.15) is 0 Å². The van der Waals surface area contributed by atoms with Crippen molar-refractivity contribution in [1.29, 1.82) is 0 Å². The van der Waals surface area contributed by atoms with Crippen molar-refractivity contribution in [2.45, 2.75) is 39.2 Å². The minimum atomic E-state index is 0.411. The van der Waals surface area contributed by atoms with Crippen molar-refractivity contribution in [2.24, 2.45) is 0 Å². The third-order valence-corrected chi connectivity index (χ3v) is 3.96. The number of hydrogen-bond acceptors (Lipinski definition) is 3. The second kappa shape index (κ2) is 8.28.